The molecular weight excluding hydrogens is 292 g/mol. The molecule has 2 bridgehead atoms. The van der Waals surface area contributed by atoms with Crippen LogP contribution in [0.5, 0.6) is 11.5 Å². The molecule has 3 atom stereocenters. The molecule has 0 spiro atoms. The van der Waals surface area contributed by atoms with E-state index in [9.17, 15) is 15.0 Å². The third-order valence-electron chi connectivity index (χ3n) is 6.02. The van der Waals surface area contributed by atoms with Gasteiger partial charge in [0.15, 0.2) is 5.76 Å². The Morgan fingerprint density at radius 1 is 1.04 bits per heavy atom. The largest absolute Gasteiger partial charge is 0.508 e. The van der Waals surface area contributed by atoms with Crippen LogP contribution >= 0.6 is 0 Å². The maximum atomic E-state index is 12.1. The molecule has 1 aromatic carbocycles. The first-order chi connectivity index (χ1) is 11.1. The minimum absolute atomic E-state index is 0.136. The molecule has 0 amide bonds. The molecule has 0 radical (unpaired) electrons. The quantitative estimate of drug-likeness (QED) is 0.913. The summed E-state index contributed by atoms with van der Waals surface area (Å²) in [5.74, 6) is 5.04. The van der Waals surface area contributed by atoms with E-state index in [1.165, 1.54) is 31.0 Å². The third-order valence-corrected chi connectivity index (χ3v) is 6.02. The predicted molar refractivity (Wildman–Crippen MR) is 84.1 cm³/mol. The zero-order valence-corrected chi connectivity index (χ0v) is 12.6. The van der Waals surface area contributed by atoms with Gasteiger partial charge in [-0.2, -0.15) is 0 Å². The Morgan fingerprint density at radius 3 is 2.48 bits per heavy atom. The molecule has 4 aliphatic rings. The van der Waals surface area contributed by atoms with Gasteiger partial charge in [0.2, 0.25) is 11.2 Å². The summed E-state index contributed by atoms with van der Waals surface area (Å²) in [6.07, 6.45) is 3.33. The van der Waals surface area contributed by atoms with Crippen molar-refractivity contribution in [1.82, 2.24) is 0 Å². The van der Waals surface area contributed by atoms with E-state index >= 15 is 0 Å². The molecule has 23 heavy (non-hydrogen) atoms. The lowest BCUT2D eigenvalue weighted by atomic mass is 9.77. The highest BCUT2D eigenvalue weighted by Gasteiger charge is 2.76. The van der Waals surface area contributed by atoms with Gasteiger partial charge in [-0.05, 0) is 66.7 Å². The topological polar surface area (TPSA) is 70.7 Å². The summed E-state index contributed by atoms with van der Waals surface area (Å²) in [5, 5.41) is 19.4. The van der Waals surface area contributed by atoms with Gasteiger partial charge in [-0.3, -0.25) is 4.79 Å². The Bertz CT molecular complexity index is 825. The molecule has 6 rings (SSSR count). The molecule has 2 aromatic rings. The van der Waals surface area contributed by atoms with E-state index in [2.05, 4.69) is 0 Å². The Hall–Kier alpha value is -2.23. The minimum atomic E-state index is -0.399. The Labute approximate surface area is 133 Å². The number of phenolic OH excluding ortho intramolecular Hbond substituents is 1. The summed E-state index contributed by atoms with van der Waals surface area (Å²) >= 11 is 0. The van der Waals surface area contributed by atoms with Gasteiger partial charge in [0.25, 0.3) is 0 Å². The van der Waals surface area contributed by atoms with E-state index in [1.807, 2.05) is 0 Å². The fraction of sp³-hybridized carbons (Fsp3) is 0.421. The van der Waals surface area contributed by atoms with Crippen molar-refractivity contribution in [3.05, 3.63) is 46.3 Å². The fourth-order valence-corrected chi connectivity index (χ4v) is 4.79. The third kappa shape index (κ3) is 1.94. The lowest BCUT2D eigenvalue weighted by Gasteiger charge is -2.28. The molecule has 1 aromatic heterocycles. The highest BCUT2D eigenvalue weighted by atomic mass is 16.4. The summed E-state index contributed by atoms with van der Waals surface area (Å²) in [4.78, 5) is 12.1. The smallest absolute Gasteiger partial charge is 0.227 e. The minimum Gasteiger partial charge on any atom is -0.508 e. The van der Waals surface area contributed by atoms with Crippen molar-refractivity contribution >= 4 is 0 Å². The molecular formula is C19H18O4. The Balaban J connectivity index is 1.47. The number of hydrogen-bond donors (Lipinski definition) is 2. The van der Waals surface area contributed by atoms with E-state index < -0.39 is 5.43 Å². The molecule has 2 N–H and O–H groups in total. The number of phenols is 1. The number of hydrogen-bond acceptors (Lipinski definition) is 4. The molecule has 4 aliphatic carbocycles. The van der Waals surface area contributed by atoms with Gasteiger partial charge in [0.05, 0.1) is 0 Å². The van der Waals surface area contributed by atoms with Gasteiger partial charge in [0, 0.05) is 18.1 Å². The molecule has 4 saturated carbocycles. The van der Waals surface area contributed by atoms with Crippen LogP contribution in [0.3, 0.4) is 0 Å². The van der Waals surface area contributed by atoms with E-state index in [-0.39, 0.29) is 17.3 Å². The number of rotatable bonds is 3. The monoisotopic (exact) mass is 310 g/mol. The average Bonchev–Trinajstić information content (AvgIpc) is 3.44. The van der Waals surface area contributed by atoms with Crippen molar-refractivity contribution in [3.8, 4) is 22.8 Å². The van der Waals surface area contributed by atoms with Crippen LogP contribution in [0.1, 0.15) is 18.6 Å². The summed E-state index contributed by atoms with van der Waals surface area (Å²) in [6, 6.07) is 7.73. The first-order valence-electron chi connectivity index (χ1n) is 8.29. The van der Waals surface area contributed by atoms with Crippen LogP contribution in [-0.2, 0) is 6.42 Å². The lowest BCUT2D eigenvalue weighted by molar-refractivity contribution is 0.218. The van der Waals surface area contributed by atoms with E-state index in [4.69, 9.17) is 4.42 Å². The second kappa shape index (κ2) is 4.40. The van der Waals surface area contributed by atoms with Gasteiger partial charge < -0.3 is 14.6 Å². The zero-order valence-electron chi connectivity index (χ0n) is 12.6. The van der Waals surface area contributed by atoms with Gasteiger partial charge in [0.1, 0.15) is 11.5 Å². The van der Waals surface area contributed by atoms with Gasteiger partial charge in [-0.1, -0.05) is 0 Å². The van der Waals surface area contributed by atoms with Crippen molar-refractivity contribution in [2.45, 2.75) is 19.3 Å². The van der Waals surface area contributed by atoms with Crippen LogP contribution in [0.15, 0.2) is 39.5 Å². The second-order valence-corrected chi connectivity index (χ2v) is 7.24. The van der Waals surface area contributed by atoms with Crippen molar-refractivity contribution < 1.29 is 14.6 Å². The SMILES string of the molecule is O=c1cc(CC2CCC3C4C2C34)oc(-c2ccc(O)cc2)c1O. The highest BCUT2D eigenvalue weighted by molar-refractivity contribution is 5.64. The fourth-order valence-electron chi connectivity index (χ4n) is 4.79. The lowest BCUT2D eigenvalue weighted by Crippen LogP contribution is -2.22. The molecule has 4 nitrogen and oxygen atoms in total. The average molecular weight is 310 g/mol. The summed E-state index contributed by atoms with van der Waals surface area (Å²) in [7, 11) is 0. The summed E-state index contributed by atoms with van der Waals surface area (Å²) in [5.41, 5.74) is 0.196. The van der Waals surface area contributed by atoms with Crippen molar-refractivity contribution in [3.63, 3.8) is 0 Å². The highest BCUT2D eigenvalue weighted by Crippen LogP contribution is 2.80. The summed E-state index contributed by atoms with van der Waals surface area (Å²) in [6.45, 7) is 0. The molecule has 4 fully saturated rings. The molecule has 3 unspecified atom stereocenters. The number of aromatic hydroxyl groups is 2. The normalized spacial score (nSPS) is 33.1. The molecule has 4 heteroatoms. The van der Waals surface area contributed by atoms with E-state index in [0.29, 0.717) is 17.2 Å². The van der Waals surface area contributed by atoms with Crippen LogP contribution in [0.2, 0.25) is 0 Å². The Kier molecular flexibility index (Phi) is 2.53. The van der Waals surface area contributed by atoms with Crippen molar-refractivity contribution in [2.75, 3.05) is 0 Å². The van der Waals surface area contributed by atoms with Crippen LogP contribution in [-0.4, -0.2) is 10.2 Å². The van der Waals surface area contributed by atoms with Crippen LogP contribution in [0, 0.1) is 29.6 Å². The molecule has 0 aliphatic heterocycles. The molecule has 0 saturated heterocycles. The maximum absolute atomic E-state index is 12.1. The van der Waals surface area contributed by atoms with Gasteiger partial charge in [-0.25, -0.2) is 0 Å². The van der Waals surface area contributed by atoms with Gasteiger partial charge in [-0.15, -0.1) is 0 Å². The van der Waals surface area contributed by atoms with Crippen LogP contribution in [0.25, 0.3) is 11.3 Å². The van der Waals surface area contributed by atoms with Crippen LogP contribution in [0.4, 0.5) is 0 Å². The first kappa shape index (κ1) is 13.2. The number of benzene rings is 1. The van der Waals surface area contributed by atoms with E-state index in [1.54, 1.807) is 12.1 Å². The zero-order chi connectivity index (χ0) is 15.7. The first-order valence-corrected chi connectivity index (χ1v) is 8.29. The second-order valence-electron chi connectivity index (χ2n) is 7.24. The van der Waals surface area contributed by atoms with E-state index in [0.717, 1.165) is 30.1 Å². The molecule has 1 heterocycles. The van der Waals surface area contributed by atoms with Gasteiger partial charge >= 0.3 is 0 Å². The standard InChI is InChI=1S/C19H18O4/c20-11-4-1-9(2-5-11)19-18(22)14(21)8-12(23-19)7-10-3-6-13-16-15(10)17(13)16/h1-2,4-5,8,10,13,15-17,20,22H,3,6-7H2. The molecule has 118 valence electrons. The van der Waals surface area contributed by atoms with Crippen molar-refractivity contribution in [1.29, 1.82) is 0 Å². The van der Waals surface area contributed by atoms with Crippen LogP contribution < -0.4 is 5.43 Å². The van der Waals surface area contributed by atoms with Crippen molar-refractivity contribution in [2.24, 2.45) is 29.6 Å². The maximum Gasteiger partial charge on any atom is 0.227 e. The summed E-state index contributed by atoms with van der Waals surface area (Å²) < 4.78 is 5.86. The Morgan fingerprint density at radius 2 is 1.78 bits per heavy atom. The number of fused-ring (bicyclic) bond motifs is 2. The predicted octanol–water partition coefficient (Wildman–Crippen LogP) is 3.16.